The van der Waals surface area contributed by atoms with Crippen LogP contribution in [0, 0.1) is 0 Å². The maximum absolute atomic E-state index is 12.6. The van der Waals surface area contributed by atoms with Gasteiger partial charge in [-0.2, -0.15) is 9.97 Å². The molecule has 0 bridgehead atoms. The summed E-state index contributed by atoms with van der Waals surface area (Å²) in [5.41, 5.74) is 6.66. The smallest absolute Gasteiger partial charge is 0.326 e. The monoisotopic (exact) mass is 462 g/mol. The number of carboxylic acid groups (broad SMARTS) is 2. The number of anilines is 1. The van der Waals surface area contributed by atoms with E-state index in [1.807, 2.05) is 0 Å². The second-order valence-corrected chi connectivity index (χ2v) is 8.10. The maximum atomic E-state index is 12.6. The fourth-order valence-corrected chi connectivity index (χ4v) is 4.34. The van der Waals surface area contributed by atoms with Crippen molar-refractivity contribution in [3.05, 3.63) is 33.6 Å². The van der Waals surface area contributed by atoms with Gasteiger partial charge >= 0.3 is 11.9 Å². The number of aromatic amines is 1. The molecule has 0 aromatic carbocycles. The number of carbonyl (C=O) groups excluding carboxylic acids is 1. The lowest BCUT2D eigenvalue weighted by molar-refractivity contribution is -0.140. The Kier molecular flexibility index (Phi) is 6.90. The van der Waals surface area contributed by atoms with E-state index in [-0.39, 0.29) is 35.5 Å². The largest absolute Gasteiger partial charge is 0.493 e. The third-order valence-electron chi connectivity index (χ3n) is 4.79. The molecule has 3 aromatic rings. The highest BCUT2D eigenvalue weighted by molar-refractivity contribution is 7.14. The molecule has 0 saturated carbocycles. The standard InChI is InChI=1S/C19H22N6O6S/c1-21-6-8(9-7-22-15-14(9)17(29)25-19(20)24-15)11-3-4-12(32-11)16(28)23-10(18(30)31)2-5-13(26)27/h3-4,7-8,10,21H,2,5-6H2,1H3,(H,23,28)(H,26,27)(H,30,31)(H4,20,22,24,25,29)/t8?,10-/m0/s1. The molecule has 13 heteroatoms. The second kappa shape index (κ2) is 9.62. The molecule has 12 nitrogen and oxygen atoms in total. The number of rotatable bonds is 10. The minimum absolute atomic E-state index is 0.0699. The molecular formula is C19H22N6O6S. The Hall–Kier alpha value is -3.71. The fourth-order valence-electron chi connectivity index (χ4n) is 3.31. The number of nitrogens with zero attached hydrogens (tertiary/aromatic N) is 2. The lowest BCUT2D eigenvalue weighted by atomic mass is 9.97. The summed E-state index contributed by atoms with van der Waals surface area (Å²) in [6.45, 7) is 0.467. The highest BCUT2D eigenvalue weighted by Gasteiger charge is 2.26. The molecule has 0 aliphatic carbocycles. The normalized spacial score (nSPS) is 13.0. The molecular weight excluding hydrogens is 440 g/mol. The van der Waals surface area contributed by atoms with Crippen LogP contribution in [0.3, 0.4) is 0 Å². The van der Waals surface area contributed by atoms with Gasteiger partial charge in [-0.05, 0) is 31.2 Å². The third kappa shape index (κ3) is 4.95. The first-order chi connectivity index (χ1) is 15.2. The number of aromatic nitrogens is 3. The summed E-state index contributed by atoms with van der Waals surface area (Å²) in [5, 5.41) is 34.2. The number of aromatic hydroxyl groups is 1. The Bertz CT molecular complexity index is 1160. The summed E-state index contributed by atoms with van der Waals surface area (Å²) in [4.78, 5) is 46.6. The van der Waals surface area contributed by atoms with Crippen LogP contribution >= 0.6 is 11.3 Å². The number of fused-ring (bicyclic) bond motifs is 1. The van der Waals surface area contributed by atoms with Crippen molar-refractivity contribution in [3.63, 3.8) is 0 Å². The zero-order valence-electron chi connectivity index (χ0n) is 17.0. The second-order valence-electron chi connectivity index (χ2n) is 6.98. The highest BCUT2D eigenvalue weighted by Crippen LogP contribution is 2.36. The summed E-state index contributed by atoms with van der Waals surface area (Å²) < 4.78 is 0. The van der Waals surface area contributed by atoms with Gasteiger partial charge in [-0.3, -0.25) is 9.59 Å². The summed E-state index contributed by atoms with van der Waals surface area (Å²) >= 11 is 1.16. The molecule has 0 saturated heterocycles. The average Bonchev–Trinajstić information content (AvgIpc) is 3.36. The Morgan fingerprint density at radius 1 is 1.25 bits per heavy atom. The molecule has 0 spiro atoms. The van der Waals surface area contributed by atoms with Crippen LogP contribution in [0.5, 0.6) is 5.88 Å². The maximum Gasteiger partial charge on any atom is 0.326 e. The van der Waals surface area contributed by atoms with Gasteiger partial charge in [0.15, 0.2) is 0 Å². The van der Waals surface area contributed by atoms with E-state index in [0.717, 1.165) is 16.2 Å². The molecule has 0 fully saturated rings. The first-order valence-electron chi connectivity index (χ1n) is 9.54. The van der Waals surface area contributed by atoms with Crippen molar-refractivity contribution in [2.75, 3.05) is 19.3 Å². The van der Waals surface area contributed by atoms with Gasteiger partial charge in [-0.15, -0.1) is 11.3 Å². The Morgan fingerprint density at radius 3 is 2.66 bits per heavy atom. The molecule has 32 heavy (non-hydrogen) atoms. The quantitative estimate of drug-likeness (QED) is 0.225. The topological polar surface area (TPSA) is 204 Å². The van der Waals surface area contributed by atoms with Crippen LogP contribution in [0.25, 0.3) is 11.0 Å². The number of nitrogen functional groups attached to an aromatic ring is 1. The van der Waals surface area contributed by atoms with Gasteiger partial charge < -0.3 is 36.7 Å². The number of likely N-dealkylation sites (N-methyl/N-ethyl adjacent to an activating group) is 1. The Labute approximate surface area is 185 Å². The zero-order valence-corrected chi connectivity index (χ0v) is 17.8. The highest BCUT2D eigenvalue weighted by atomic mass is 32.1. The van der Waals surface area contributed by atoms with Crippen LogP contribution in [-0.4, -0.2) is 67.8 Å². The number of thiophene rings is 1. The minimum atomic E-state index is -1.31. The predicted molar refractivity (Wildman–Crippen MR) is 116 cm³/mol. The van der Waals surface area contributed by atoms with E-state index < -0.39 is 23.9 Å². The molecule has 3 rings (SSSR count). The van der Waals surface area contributed by atoms with Crippen LogP contribution in [0.1, 0.15) is 38.9 Å². The molecule has 0 radical (unpaired) electrons. The molecule has 0 aliphatic rings. The Balaban J connectivity index is 1.87. The lowest BCUT2D eigenvalue weighted by Crippen LogP contribution is -2.40. The number of amides is 1. The van der Waals surface area contributed by atoms with Crippen molar-refractivity contribution in [1.29, 1.82) is 0 Å². The molecule has 8 N–H and O–H groups in total. The molecule has 1 amide bonds. The van der Waals surface area contributed by atoms with Crippen LogP contribution in [-0.2, 0) is 9.59 Å². The number of carboxylic acids is 2. The van der Waals surface area contributed by atoms with E-state index in [9.17, 15) is 24.6 Å². The summed E-state index contributed by atoms with van der Waals surface area (Å²) in [7, 11) is 1.76. The van der Waals surface area contributed by atoms with Crippen molar-refractivity contribution in [1.82, 2.24) is 25.6 Å². The molecule has 1 unspecified atom stereocenters. The van der Waals surface area contributed by atoms with Crippen LogP contribution in [0.4, 0.5) is 5.95 Å². The summed E-state index contributed by atoms with van der Waals surface area (Å²) in [5.74, 6) is -3.67. The van der Waals surface area contributed by atoms with Gasteiger partial charge in [0, 0.05) is 30.0 Å². The minimum Gasteiger partial charge on any atom is -0.493 e. The van der Waals surface area contributed by atoms with Crippen molar-refractivity contribution in [3.8, 4) is 5.88 Å². The molecule has 3 heterocycles. The number of nitrogens with one attached hydrogen (secondary N) is 3. The van der Waals surface area contributed by atoms with E-state index >= 15 is 0 Å². The first kappa shape index (κ1) is 23.0. The molecule has 3 aromatic heterocycles. The number of hydrogen-bond donors (Lipinski definition) is 7. The van der Waals surface area contributed by atoms with Gasteiger partial charge in [0.1, 0.15) is 11.7 Å². The van der Waals surface area contributed by atoms with Crippen molar-refractivity contribution in [2.45, 2.75) is 24.8 Å². The van der Waals surface area contributed by atoms with Crippen molar-refractivity contribution >= 4 is 46.2 Å². The summed E-state index contributed by atoms with van der Waals surface area (Å²) in [6.07, 6.45) is 1.08. The molecule has 2 atom stereocenters. The SMILES string of the molecule is CNCC(c1ccc(C(=O)N[C@@H](CCC(=O)O)C(=O)O)s1)c1c[nH]c2nc(N)nc(O)c12. The van der Waals surface area contributed by atoms with E-state index in [2.05, 4.69) is 25.6 Å². The van der Waals surface area contributed by atoms with E-state index in [0.29, 0.717) is 23.1 Å². The number of H-pyrrole nitrogens is 1. The first-order valence-corrected chi connectivity index (χ1v) is 10.4. The van der Waals surface area contributed by atoms with Crippen molar-refractivity contribution < 1.29 is 29.7 Å². The average molecular weight is 462 g/mol. The third-order valence-corrected chi connectivity index (χ3v) is 5.99. The lowest BCUT2D eigenvalue weighted by Gasteiger charge is -2.15. The Morgan fingerprint density at radius 2 is 2.00 bits per heavy atom. The van der Waals surface area contributed by atoms with E-state index in [4.69, 9.17) is 10.8 Å². The van der Waals surface area contributed by atoms with Gasteiger partial charge in [0.05, 0.1) is 10.3 Å². The molecule has 170 valence electrons. The van der Waals surface area contributed by atoms with Gasteiger partial charge in [-0.1, -0.05) is 0 Å². The number of hydrogen-bond acceptors (Lipinski definition) is 9. The van der Waals surface area contributed by atoms with Gasteiger partial charge in [0.25, 0.3) is 5.91 Å². The number of nitrogens with two attached hydrogens (primary N) is 1. The van der Waals surface area contributed by atoms with Gasteiger partial charge in [-0.25, -0.2) is 4.79 Å². The number of aliphatic carboxylic acids is 2. The van der Waals surface area contributed by atoms with Crippen LogP contribution in [0.15, 0.2) is 18.3 Å². The number of carbonyl (C=O) groups is 3. The van der Waals surface area contributed by atoms with Crippen LogP contribution in [0.2, 0.25) is 0 Å². The summed E-state index contributed by atoms with van der Waals surface area (Å²) in [6, 6.07) is 1.99. The van der Waals surface area contributed by atoms with E-state index in [1.54, 1.807) is 25.4 Å². The van der Waals surface area contributed by atoms with Gasteiger partial charge in [0.2, 0.25) is 11.8 Å². The predicted octanol–water partition coefficient (Wildman–Crippen LogP) is 0.706. The molecule has 0 aliphatic heterocycles. The van der Waals surface area contributed by atoms with Crippen LogP contribution < -0.4 is 16.4 Å². The van der Waals surface area contributed by atoms with Crippen molar-refractivity contribution in [2.24, 2.45) is 0 Å². The zero-order chi connectivity index (χ0) is 23.4. The van der Waals surface area contributed by atoms with E-state index in [1.165, 1.54) is 0 Å². The fraction of sp³-hybridized carbons (Fsp3) is 0.316.